The van der Waals surface area contributed by atoms with Gasteiger partial charge in [0.1, 0.15) is 17.1 Å². The summed E-state index contributed by atoms with van der Waals surface area (Å²) in [6.45, 7) is 0. The third-order valence-electron chi connectivity index (χ3n) is 6.49. The highest BCUT2D eigenvalue weighted by atomic mass is 16.3. The molecule has 36 heavy (non-hydrogen) atoms. The number of benzene rings is 4. The van der Waals surface area contributed by atoms with Crippen molar-refractivity contribution in [1.82, 2.24) is 4.57 Å². The lowest BCUT2D eigenvalue weighted by Crippen LogP contribution is -2.27. The number of phenolic OH excluding ortho intramolecular Hbond substituents is 1. The van der Waals surface area contributed by atoms with Crippen molar-refractivity contribution in [1.29, 1.82) is 0 Å². The second-order valence-electron chi connectivity index (χ2n) is 8.77. The SMILES string of the molecule is Cn1c(=O)c(C(=O)C[C@@H](Nc2ccc(N)cc2)c2c(O)ccc3ccccc23)c(O)c2ccccc21. The lowest BCUT2D eigenvalue weighted by Gasteiger charge is -2.23. The zero-order valence-electron chi connectivity index (χ0n) is 19.6. The fourth-order valence-electron chi connectivity index (χ4n) is 4.67. The maximum Gasteiger partial charge on any atom is 0.265 e. The quantitative estimate of drug-likeness (QED) is 0.199. The molecule has 4 aromatic carbocycles. The zero-order valence-corrected chi connectivity index (χ0v) is 19.6. The number of carbonyl (C=O) groups is 1. The Bertz CT molecular complexity index is 1670. The largest absolute Gasteiger partial charge is 0.508 e. The minimum absolute atomic E-state index is 0.0186. The number of nitrogen functional groups attached to an aromatic ring is 1. The summed E-state index contributed by atoms with van der Waals surface area (Å²) in [5, 5.41) is 27.2. The van der Waals surface area contributed by atoms with Crippen molar-refractivity contribution < 1.29 is 15.0 Å². The molecule has 1 atom stereocenters. The number of nitrogens with two attached hydrogens (primary N) is 1. The number of rotatable bonds is 6. The van der Waals surface area contributed by atoms with Crippen LogP contribution in [0.2, 0.25) is 0 Å². The van der Waals surface area contributed by atoms with E-state index in [-0.39, 0.29) is 23.5 Å². The number of hydrogen-bond donors (Lipinski definition) is 4. The van der Waals surface area contributed by atoms with Gasteiger partial charge in [0.05, 0.1) is 11.6 Å². The van der Waals surface area contributed by atoms with Gasteiger partial charge in [-0.25, -0.2) is 0 Å². The number of ketones is 1. The van der Waals surface area contributed by atoms with Crippen LogP contribution in [0.5, 0.6) is 11.5 Å². The van der Waals surface area contributed by atoms with Gasteiger partial charge in [0.2, 0.25) is 0 Å². The van der Waals surface area contributed by atoms with E-state index in [4.69, 9.17) is 5.73 Å². The Kier molecular flexibility index (Phi) is 5.82. The normalized spacial score (nSPS) is 12.0. The number of anilines is 2. The Balaban J connectivity index is 1.64. The van der Waals surface area contributed by atoms with E-state index in [9.17, 15) is 19.8 Å². The van der Waals surface area contributed by atoms with Crippen molar-refractivity contribution >= 4 is 38.8 Å². The average Bonchev–Trinajstić information content (AvgIpc) is 2.88. The summed E-state index contributed by atoms with van der Waals surface area (Å²) in [7, 11) is 1.57. The van der Waals surface area contributed by atoms with Crippen LogP contribution in [-0.2, 0) is 7.05 Å². The average molecular weight is 480 g/mol. The molecule has 5 N–H and O–H groups in total. The zero-order chi connectivity index (χ0) is 25.4. The molecular formula is C29H25N3O4. The Hall–Kier alpha value is -4.78. The molecule has 0 aliphatic carbocycles. The third-order valence-corrected chi connectivity index (χ3v) is 6.49. The number of nitrogens with zero attached hydrogens (tertiary/aromatic N) is 1. The fraction of sp³-hybridized carbons (Fsp3) is 0.103. The first-order valence-electron chi connectivity index (χ1n) is 11.5. The molecule has 0 fully saturated rings. The molecule has 5 aromatic rings. The molecule has 0 saturated heterocycles. The van der Waals surface area contributed by atoms with Crippen LogP contribution in [0.25, 0.3) is 21.7 Å². The summed E-state index contributed by atoms with van der Waals surface area (Å²) in [6, 6.07) is 24.1. The number of Topliss-reactive ketones (excluding diaryl/α,β-unsaturated/α-hetero) is 1. The molecule has 0 aliphatic rings. The maximum absolute atomic E-state index is 13.6. The Morgan fingerprint density at radius 2 is 1.58 bits per heavy atom. The summed E-state index contributed by atoms with van der Waals surface area (Å²) < 4.78 is 1.36. The standard InChI is InChI=1S/C29H25N3O4/c1-32-23-9-5-4-8-21(23)28(35)27(29(32)36)25(34)16-22(31-19-13-11-18(30)12-14-19)26-20-7-3-2-6-17(20)10-15-24(26)33/h2-15,22,31,33,35H,16,30H2,1H3/t22-/m1/s1. The minimum Gasteiger partial charge on any atom is -0.508 e. The number of phenols is 1. The molecule has 0 spiro atoms. The highest BCUT2D eigenvalue weighted by Gasteiger charge is 2.27. The predicted molar refractivity (Wildman–Crippen MR) is 143 cm³/mol. The Morgan fingerprint density at radius 1 is 0.917 bits per heavy atom. The number of nitrogens with one attached hydrogen (secondary N) is 1. The Morgan fingerprint density at radius 3 is 2.33 bits per heavy atom. The number of hydrogen-bond acceptors (Lipinski definition) is 6. The first kappa shape index (κ1) is 23.0. The summed E-state index contributed by atoms with van der Waals surface area (Å²) in [5.74, 6) is -0.865. The van der Waals surface area contributed by atoms with Crippen LogP contribution < -0.4 is 16.6 Å². The van der Waals surface area contributed by atoms with E-state index >= 15 is 0 Å². The number of aromatic hydroxyl groups is 2. The van der Waals surface area contributed by atoms with E-state index in [1.54, 1.807) is 67.7 Å². The van der Waals surface area contributed by atoms with Crippen molar-refractivity contribution in [3.05, 3.63) is 106 Å². The van der Waals surface area contributed by atoms with E-state index in [1.165, 1.54) is 4.57 Å². The maximum atomic E-state index is 13.6. The van der Waals surface area contributed by atoms with E-state index < -0.39 is 17.4 Å². The lowest BCUT2D eigenvalue weighted by molar-refractivity contribution is 0.0972. The van der Waals surface area contributed by atoms with Gasteiger partial charge in [-0.05, 0) is 53.2 Å². The summed E-state index contributed by atoms with van der Waals surface area (Å²) in [6.07, 6.45) is -0.187. The van der Waals surface area contributed by atoms with E-state index in [0.29, 0.717) is 27.8 Å². The minimum atomic E-state index is -0.706. The molecule has 180 valence electrons. The van der Waals surface area contributed by atoms with E-state index in [0.717, 1.165) is 10.8 Å². The van der Waals surface area contributed by atoms with Crippen LogP contribution in [0.4, 0.5) is 11.4 Å². The number of aryl methyl sites for hydroxylation is 1. The molecule has 0 radical (unpaired) electrons. The summed E-state index contributed by atoms with van der Waals surface area (Å²) >= 11 is 0. The number of aromatic nitrogens is 1. The van der Waals surface area contributed by atoms with Crippen molar-refractivity contribution in [2.75, 3.05) is 11.1 Å². The second-order valence-corrected chi connectivity index (χ2v) is 8.77. The van der Waals surface area contributed by atoms with E-state index in [1.807, 2.05) is 24.3 Å². The fourth-order valence-corrected chi connectivity index (χ4v) is 4.67. The molecule has 0 unspecified atom stereocenters. The van der Waals surface area contributed by atoms with Crippen molar-refractivity contribution in [2.45, 2.75) is 12.5 Å². The van der Waals surface area contributed by atoms with Crippen molar-refractivity contribution in [3.8, 4) is 11.5 Å². The third kappa shape index (κ3) is 4.01. The van der Waals surface area contributed by atoms with Crippen LogP contribution in [0.1, 0.15) is 28.4 Å². The van der Waals surface area contributed by atoms with Gasteiger partial charge in [0.15, 0.2) is 5.78 Å². The molecule has 0 aliphatic heterocycles. The summed E-state index contributed by atoms with van der Waals surface area (Å²) in [4.78, 5) is 26.8. The highest BCUT2D eigenvalue weighted by molar-refractivity contribution is 6.04. The number of pyridine rings is 1. The van der Waals surface area contributed by atoms with Crippen LogP contribution >= 0.6 is 0 Å². The van der Waals surface area contributed by atoms with Gasteiger partial charge in [-0.15, -0.1) is 0 Å². The molecule has 0 bridgehead atoms. The van der Waals surface area contributed by atoms with Crippen LogP contribution in [-0.4, -0.2) is 20.6 Å². The molecule has 7 nitrogen and oxygen atoms in total. The van der Waals surface area contributed by atoms with Gasteiger partial charge in [-0.3, -0.25) is 9.59 Å². The molecule has 1 aromatic heterocycles. The van der Waals surface area contributed by atoms with E-state index in [2.05, 4.69) is 5.32 Å². The molecular weight excluding hydrogens is 454 g/mol. The molecule has 7 heteroatoms. The lowest BCUT2D eigenvalue weighted by atomic mass is 9.92. The highest BCUT2D eigenvalue weighted by Crippen LogP contribution is 2.37. The van der Waals surface area contributed by atoms with Gasteiger partial charge in [0.25, 0.3) is 5.56 Å². The number of carbonyl (C=O) groups excluding carboxylic acids is 1. The number of para-hydroxylation sites is 1. The van der Waals surface area contributed by atoms with Crippen LogP contribution in [0.3, 0.4) is 0 Å². The molecule has 0 amide bonds. The summed E-state index contributed by atoms with van der Waals surface area (Å²) in [5.41, 5.74) is 7.30. The monoisotopic (exact) mass is 479 g/mol. The van der Waals surface area contributed by atoms with Gasteiger partial charge in [-0.2, -0.15) is 0 Å². The Labute approximate surface area is 207 Å². The smallest absolute Gasteiger partial charge is 0.265 e. The van der Waals surface area contributed by atoms with Crippen molar-refractivity contribution in [2.24, 2.45) is 7.05 Å². The molecule has 5 rings (SSSR count). The predicted octanol–water partition coefficient (Wildman–Crippen LogP) is 5.11. The van der Waals surface area contributed by atoms with Crippen LogP contribution in [0, 0.1) is 0 Å². The van der Waals surface area contributed by atoms with Gasteiger partial charge < -0.3 is 25.8 Å². The van der Waals surface area contributed by atoms with Gasteiger partial charge >= 0.3 is 0 Å². The van der Waals surface area contributed by atoms with Gasteiger partial charge in [-0.1, -0.05) is 42.5 Å². The number of fused-ring (bicyclic) bond motifs is 2. The van der Waals surface area contributed by atoms with Crippen LogP contribution in [0.15, 0.2) is 89.7 Å². The first-order valence-corrected chi connectivity index (χ1v) is 11.5. The second kappa shape index (κ2) is 9.11. The molecule has 0 saturated carbocycles. The van der Waals surface area contributed by atoms with Crippen molar-refractivity contribution in [3.63, 3.8) is 0 Å². The van der Waals surface area contributed by atoms with Gasteiger partial charge in [0, 0.05) is 35.8 Å². The topological polar surface area (TPSA) is 118 Å². The first-order chi connectivity index (χ1) is 17.3. The molecule has 1 heterocycles.